The lowest BCUT2D eigenvalue weighted by Gasteiger charge is -2.23. The van der Waals surface area contributed by atoms with Crippen LogP contribution < -0.4 is 10.1 Å². The van der Waals surface area contributed by atoms with E-state index in [1.165, 1.54) is 29.2 Å². The van der Waals surface area contributed by atoms with Crippen molar-refractivity contribution in [3.05, 3.63) is 70.3 Å². The first-order valence-corrected chi connectivity index (χ1v) is 9.04. The number of benzene rings is 2. The normalized spacial score (nSPS) is 15.8. The van der Waals surface area contributed by atoms with E-state index >= 15 is 0 Å². The van der Waals surface area contributed by atoms with Crippen molar-refractivity contribution < 1.29 is 19.2 Å². The van der Waals surface area contributed by atoms with Gasteiger partial charge in [0.25, 0.3) is 5.69 Å². The van der Waals surface area contributed by atoms with Gasteiger partial charge < -0.3 is 10.1 Å². The van der Waals surface area contributed by atoms with Gasteiger partial charge in [0.05, 0.1) is 17.5 Å². The molecular formula is C20H21N3O5. The molecule has 1 amide bonds. The Morgan fingerprint density at radius 2 is 1.86 bits per heavy atom. The van der Waals surface area contributed by atoms with Gasteiger partial charge in [-0.25, -0.2) is 4.79 Å². The Kier molecular flexibility index (Phi) is 6.33. The Balaban J connectivity index is 1.71. The number of ether oxygens (including phenoxy) is 1. The van der Waals surface area contributed by atoms with Gasteiger partial charge in [-0.3, -0.25) is 19.8 Å². The predicted octanol–water partition coefficient (Wildman–Crippen LogP) is 2.92. The van der Waals surface area contributed by atoms with Gasteiger partial charge in [0.2, 0.25) is 0 Å². The van der Waals surface area contributed by atoms with Crippen molar-refractivity contribution in [2.75, 3.05) is 13.1 Å². The molecule has 28 heavy (non-hydrogen) atoms. The largest absolute Gasteiger partial charge is 0.415 e. The van der Waals surface area contributed by atoms with Gasteiger partial charge in [-0.2, -0.15) is 0 Å². The van der Waals surface area contributed by atoms with Crippen LogP contribution in [-0.4, -0.2) is 40.8 Å². The van der Waals surface area contributed by atoms with Crippen molar-refractivity contribution in [1.82, 2.24) is 10.2 Å². The summed E-state index contributed by atoms with van der Waals surface area (Å²) >= 11 is 0. The summed E-state index contributed by atoms with van der Waals surface area (Å²) in [5.41, 5.74) is 0.777. The SMILES string of the molecule is O=C(CN(Cc1ccccc1)C(=O)Oc1ccc([N+](=O)[O-])cc1)[C@@H]1CCCN1. The van der Waals surface area contributed by atoms with E-state index in [9.17, 15) is 19.7 Å². The first-order chi connectivity index (χ1) is 13.5. The lowest BCUT2D eigenvalue weighted by Crippen LogP contribution is -2.43. The van der Waals surface area contributed by atoms with E-state index in [4.69, 9.17) is 4.74 Å². The second-order valence-corrected chi connectivity index (χ2v) is 6.58. The topological polar surface area (TPSA) is 102 Å². The van der Waals surface area contributed by atoms with Crippen molar-refractivity contribution in [1.29, 1.82) is 0 Å². The minimum Gasteiger partial charge on any atom is -0.410 e. The highest BCUT2D eigenvalue weighted by Gasteiger charge is 2.27. The van der Waals surface area contributed by atoms with Crippen LogP contribution in [0.4, 0.5) is 10.5 Å². The number of amides is 1. The maximum absolute atomic E-state index is 12.7. The molecule has 1 saturated heterocycles. The van der Waals surface area contributed by atoms with Gasteiger partial charge in [-0.1, -0.05) is 30.3 Å². The molecule has 2 aromatic rings. The summed E-state index contributed by atoms with van der Waals surface area (Å²) in [4.78, 5) is 36.8. The van der Waals surface area contributed by atoms with Crippen molar-refractivity contribution in [2.45, 2.75) is 25.4 Å². The number of Topliss-reactive ketones (excluding diaryl/α,β-unsaturated/α-hetero) is 1. The molecule has 1 heterocycles. The van der Waals surface area contributed by atoms with E-state index in [0.717, 1.165) is 24.9 Å². The van der Waals surface area contributed by atoms with Crippen LogP contribution in [0.2, 0.25) is 0 Å². The molecule has 2 aromatic carbocycles. The molecule has 8 nitrogen and oxygen atoms in total. The fourth-order valence-corrected chi connectivity index (χ4v) is 3.05. The first-order valence-electron chi connectivity index (χ1n) is 9.04. The maximum atomic E-state index is 12.7. The Labute approximate surface area is 162 Å². The third-order valence-electron chi connectivity index (χ3n) is 4.52. The molecule has 0 aromatic heterocycles. The lowest BCUT2D eigenvalue weighted by molar-refractivity contribution is -0.384. The molecule has 0 unspecified atom stereocenters. The highest BCUT2D eigenvalue weighted by atomic mass is 16.6. The zero-order valence-corrected chi connectivity index (χ0v) is 15.2. The molecule has 1 fully saturated rings. The van der Waals surface area contributed by atoms with Crippen molar-refractivity contribution in [3.63, 3.8) is 0 Å². The third-order valence-corrected chi connectivity index (χ3v) is 4.52. The van der Waals surface area contributed by atoms with Gasteiger partial charge in [0.15, 0.2) is 5.78 Å². The molecule has 0 saturated carbocycles. The molecule has 3 rings (SSSR count). The molecule has 1 aliphatic heterocycles. The van der Waals surface area contributed by atoms with Crippen LogP contribution in [0.5, 0.6) is 5.75 Å². The Morgan fingerprint density at radius 3 is 2.46 bits per heavy atom. The van der Waals surface area contributed by atoms with E-state index in [1.807, 2.05) is 30.3 Å². The molecule has 1 atom stereocenters. The number of ketones is 1. The molecule has 0 bridgehead atoms. The number of non-ortho nitro benzene ring substituents is 1. The number of carbonyl (C=O) groups excluding carboxylic acids is 2. The highest BCUT2D eigenvalue weighted by molar-refractivity contribution is 5.89. The Bertz CT molecular complexity index is 833. The van der Waals surface area contributed by atoms with Gasteiger partial charge >= 0.3 is 6.09 Å². The van der Waals surface area contributed by atoms with Crippen LogP contribution >= 0.6 is 0 Å². The maximum Gasteiger partial charge on any atom is 0.415 e. The van der Waals surface area contributed by atoms with Crippen LogP contribution in [0, 0.1) is 10.1 Å². The highest BCUT2D eigenvalue weighted by Crippen LogP contribution is 2.19. The molecule has 0 radical (unpaired) electrons. The summed E-state index contributed by atoms with van der Waals surface area (Å²) in [5, 5.41) is 13.9. The number of nitro groups is 1. The van der Waals surface area contributed by atoms with Crippen LogP contribution in [-0.2, 0) is 11.3 Å². The number of carbonyl (C=O) groups is 2. The van der Waals surface area contributed by atoms with Crippen LogP contribution in [0.3, 0.4) is 0 Å². The summed E-state index contributed by atoms with van der Waals surface area (Å²) in [6.07, 6.45) is 1.02. The average molecular weight is 383 g/mol. The number of rotatable bonds is 7. The van der Waals surface area contributed by atoms with Crippen molar-refractivity contribution in [3.8, 4) is 5.75 Å². The average Bonchev–Trinajstić information content (AvgIpc) is 3.23. The standard InChI is InChI=1S/C20H21N3O5/c24-19(18-7-4-12-21-18)14-22(13-15-5-2-1-3-6-15)20(25)28-17-10-8-16(9-11-17)23(26)27/h1-3,5-6,8-11,18,21H,4,7,12-14H2/t18-/m0/s1. The number of hydrogen-bond donors (Lipinski definition) is 1. The van der Waals surface area contributed by atoms with Crippen LogP contribution in [0.1, 0.15) is 18.4 Å². The quantitative estimate of drug-likeness (QED) is 0.583. The molecule has 1 aliphatic rings. The van der Waals surface area contributed by atoms with Crippen LogP contribution in [0.25, 0.3) is 0 Å². The molecule has 0 spiro atoms. The molecule has 8 heteroatoms. The summed E-state index contributed by atoms with van der Waals surface area (Å²) in [6, 6.07) is 14.3. The van der Waals surface area contributed by atoms with Gasteiger partial charge in [0, 0.05) is 18.7 Å². The molecular weight excluding hydrogens is 362 g/mol. The first kappa shape index (κ1) is 19.5. The van der Waals surface area contributed by atoms with Gasteiger partial charge in [0.1, 0.15) is 5.75 Å². The van der Waals surface area contributed by atoms with E-state index < -0.39 is 11.0 Å². The van der Waals surface area contributed by atoms with Gasteiger partial charge in [-0.15, -0.1) is 0 Å². The van der Waals surface area contributed by atoms with Crippen LogP contribution in [0.15, 0.2) is 54.6 Å². The summed E-state index contributed by atoms with van der Waals surface area (Å²) in [6.45, 7) is 0.950. The van der Waals surface area contributed by atoms with Crippen molar-refractivity contribution in [2.24, 2.45) is 0 Å². The zero-order valence-electron chi connectivity index (χ0n) is 15.2. The summed E-state index contributed by atoms with van der Waals surface area (Å²) in [5.74, 6) is 0.120. The Hall–Kier alpha value is -3.26. The number of nitrogens with one attached hydrogen (secondary N) is 1. The summed E-state index contributed by atoms with van der Waals surface area (Å²) in [7, 11) is 0. The fraction of sp³-hybridized carbons (Fsp3) is 0.300. The second-order valence-electron chi connectivity index (χ2n) is 6.58. The van der Waals surface area contributed by atoms with Crippen molar-refractivity contribution >= 4 is 17.6 Å². The predicted molar refractivity (Wildman–Crippen MR) is 102 cm³/mol. The van der Waals surface area contributed by atoms with E-state index in [2.05, 4.69) is 5.32 Å². The minimum absolute atomic E-state index is 0.0610. The monoisotopic (exact) mass is 383 g/mol. The van der Waals surface area contributed by atoms with E-state index in [0.29, 0.717) is 0 Å². The van der Waals surface area contributed by atoms with Gasteiger partial charge in [-0.05, 0) is 37.1 Å². The summed E-state index contributed by atoms with van der Waals surface area (Å²) < 4.78 is 5.34. The molecule has 1 N–H and O–H groups in total. The number of nitro benzene ring substituents is 1. The molecule has 0 aliphatic carbocycles. The fourth-order valence-electron chi connectivity index (χ4n) is 3.05. The third kappa shape index (κ3) is 5.14. The van der Waals surface area contributed by atoms with E-state index in [1.54, 1.807) is 0 Å². The smallest absolute Gasteiger partial charge is 0.410 e. The minimum atomic E-state index is -0.677. The second kappa shape index (κ2) is 9.09. The van der Waals surface area contributed by atoms with E-state index in [-0.39, 0.29) is 36.4 Å². The zero-order chi connectivity index (χ0) is 19.9. The molecule has 146 valence electrons. The number of hydrogen-bond acceptors (Lipinski definition) is 6. The lowest BCUT2D eigenvalue weighted by atomic mass is 10.1. The Morgan fingerprint density at radius 1 is 1.14 bits per heavy atom. The number of nitrogens with zero attached hydrogens (tertiary/aromatic N) is 2.